The molecule has 0 heterocycles. The summed E-state index contributed by atoms with van der Waals surface area (Å²) in [7, 11) is 1.61. The van der Waals surface area contributed by atoms with E-state index in [-0.39, 0.29) is 18.9 Å². The Balaban J connectivity index is 2.54. The Kier molecular flexibility index (Phi) is 5.16. The highest BCUT2D eigenvalue weighted by Gasteiger charge is 2.17. The summed E-state index contributed by atoms with van der Waals surface area (Å²) in [5.41, 5.74) is 0.860. The summed E-state index contributed by atoms with van der Waals surface area (Å²) in [6.07, 6.45) is 0.250. The van der Waals surface area contributed by atoms with Gasteiger partial charge in [0.25, 0.3) is 0 Å². The van der Waals surface area contributed by atoms with E-state index < -0.39 is 11.9 Å². The lowest BCUT2D eigenvalue weighted by molar-refractivity contribution is -0.142. The van der Waals surface area contributed by atoms with Crippen molar-refractivity contribution in [1.29, 1.82) is 0 Å². The number of aliphatic carboxylic acids is 1. The molecule has 4 nitrogen and oxygen atoms in total. The second kappa shape index (κ2) is 6.40. The third kappa shape index (κ3) is 4.37. The van der Waals surface area contributed by atoms with Crippen LogP contribution < -0.4 is 0 Å². The van der Waals surface area contributed by atoms with Crippen LogP contribution in [0, 0.1) is 5.92 Å². The first kappa shape index (κ1) is 14.5. The van der Waals surface area contributed by atoms with E-state index in [1.807, 2.05) is 0 Å². The molecule has 0 aliphatic rings. The lowest BCUT2D eigenvalue weighted by Crippen LogP contribution is -2.34. The highest BCUT2D eigenvalue weighted by Crippen LogP contribution is 2.11. The number of halogens is 1. The zero-order valence-electron chi connectivity index (χ0n) is 10.4. The third-order valence-corrected chi connectivity index (χ3v) is 2.92. The van der Waals surface area contributed by atoms with Gasteiger partial charge in [-0.3, -0.25) is 9.59 Å². The van der Waals surface area contributed by atoms with Crippen LogP contribution in [0.15, 0.2) is 24.3 Å². The molecule has 0 aromatic heterocycles. The van der Waals surface area contributed by atoms with E-state index >= 15 is 0 Å². The number of hydrogen-bond donors (Lipinski definition) is 1. The van der Waals surface area contributed by atoms with Crippen LogP contribution >= 0.6 is 11.6 Å². The number of amides is 1. The predicted molar refractivity (Wildman–Crippen MR) is 69.6 cm³/mol. The SMILES string of the molecule is C[C@H](CN(C)C(=O)Cc1ccc(Cl)cc1)C(=O)O. The number of hydrogen-bond acceptors (Lipinski definition) is 2. The molecule has 5 heteroatoms. The molecule has 0 spiro atoms. The lowest BCUT2D eigenvalue weighted by atomic mass is 10.1. The van der Waals surface area contributed by atoms with E-state index in [1.165, 1.54) is 4.90 Å². The van der Waals surface area contributed by atoms with Crippen molar-refractivity contribution in [2.75, 3.05) is 13.6 Å². The van der Waals surface area contributed by atoms with E-state index in [4.69, 9.17) is 16.7 Å². The van der Waals surface area contributed by atoms with Crippen molar-refractivity contribution in [2.45, 2.75) is 13.3 Å². The van der Waals surface area contributed by atoms with Gasteiger partial charge in [-0.15, -0.1) is 0 Å². The summed E-state index contributed by atoms with van der Waals surface area (Å²) in [5.74, 6) is -1.57. The second-order valence-electron chi connectivity index (χ2n) is 4.32. The standard InChI is InChI=1S/C13H16ClNO3/c1-9(13(17)18)8-15(2)12(16)7-10-3-5-11(14)6-4-10/h3-6,9H,7-8H2,1-2H3,(H,17,18)/t9-/m1/s1. The fourth-order valence-corrected chi connectivity index (χ4v) is 1.63. The molecular formula is C13H16ClNO3. The van der Waals surface area contributed by atoms with Crippen LogP contribution in [0.5, 0.6) is 0 Å². The second-order valence-corrected chi connectivity index (χ2v) is 4.75. The van der Waals surface area contributed by atoms with Crippen LogP contribution in [0.4, 0.5) is 0 Å². The number of carboxylic acids is 1. The number of nitrogens with zero attached hydrogens (tertiary/aromatic N) is 1. The van der Waals surface area contributed by atoms with Crippen LogP contribution in [0.1, 0.15) is 12.5 Å². The van der Waals surface area contributed by atoms with Gasteiger partial charge in [-0.25, -0.2) is 0 Å². The molecule has 0 saturated carbocycles. The average Bonchev–Trinajstić information content (AvgIpc) is 2.31. The van der Waals surface area contributed by atoms with Gasteiger partial charge < -0.3 is 10.0 Å². The number of likely N-dealkylation sites (N-methyl/N-ethyl adjacent to an activating group) is 1. The Morgan fingerprint density at radius 1 is 1.33 bits per heavy atom. The maximum absolute atomic E-state index is 11.9. The van der Waals surface area contributed by atoms with Gasteiger partial charge in [0, 0.05) is 18.6 Å². The lowest BCUT2D eigenvalue weighted by Gasteiger charge is -2.19. The van der Waals surface area contributed by atoms with E-state index in [0.29, 0.717) is 5.02 Å². The summed E-state index contributed by atoms with van der Waals surface area (Å²) in [5, 5.41) is 9.40. The van der Waals surface area contributed by atoms with E-state index in [1.54, 1.807) is 38.2 Å². The molecule has 0 radical (unpaired) electrons. The Morgan fingerprint density at radius 2 is 1.89 bits per heavy atom. The van der Waals surface area contributed by atoms with E-state index in [2.05, 4.69) is 0 Å². The topological polar surface area (TPSA) is 57.6 Å². The Bertz CT molecular complexity index is 430. The maximum Gasteiger partial charge on any atom is 0.308 e. The minimum absolute atomic E-state index is 0.106. The summed E-state index contributed by atoms with van der Waals surface area (Å²) in [4.78, 5) is 24.0. The van der Waals surface area contributed by atoms with Crippen molar-refractivity contribution < 1.29 is 14.7 Å². The van der Waals surface area contributed by atoms with E-state index in [9.17, 15) is 9.59 Å². The fourth-order valence-electron chi connectivity index (χ4n) is 1.50. The van der Waals surface area contributed by atoms with Crippen LogP contribution in [0.25, 0.3) is 0 Å². The quantitative estimate of drug-likeness (QED) is 0.890. The van der Waals surface area contributed by atoms with Crippen molar-refractivity contribution in [2.24, 2.45) is 5.92 Å². The molecule has 0 aliphatic carbocycles. The zero-order chi connectivity index (χ0) is 13.7. The van der Waals surface area contributed by atoms with Gasteiger partial charge in [-0.2, -0.15) is 0 Å². The van der Waals surface area contributed by atoms with E-state index in [0.717, 1.165) is 5.56 Å². The molecule has 1 aromatic rings. The zero-order valence-corrected chi connectivity index (χ0v) is 11.1. The highest BCUT2D eigenvalue weighted by molar-refractivity contribution is 6.30. The van der Waals surface area contributed by atoms with Gasteiger partial charge in [0.1, 0.15) is 0 Å². The Hall–Kier alpha value is -1.55. The Morgan fingerprint density at radius 3 is 2.39 bits per heavy atom. The molecule has 18 heavy (non-hydrogen) atoms. The van der Waals surface area contributed by atoms with Crippen LogP contribution in [0.3, 0.4) is 0 Å². The van der Waals surface area contributed by atoms with Gasteiger partial charge in [0.05, 0.1) is 12.3 Å². The average molecular weight is 270 g/mol. The van der Waals surface area contributed by atoms with Gasteiger partial charge in [0.15, 0.2) is 0 Å². The molecule has 0 aliphatic heterocycles. The molecule has 0 fully saturated rings. The van der Waals surface area contributed by atoms with Crippen molar-refractivity contribution in [3.05, 3.63) is 34.9 Å². The summed E-state index contributed by atoms with van der Waals surface area (Å²) in [6.45, 7) is 1.79. The molecule has 0 unspecified atom stereocenters. The fraction of sp³-hybridized carbons (Fsp3) is 0.385. The number of carbonyl (C=O) groups is 2. The van der Waals surface area contributed by atoms with Crippen LogP contribution in [-0.2, 0) is 16.0 Å². The largest absolute Gasteiger partial charge is 0.481 e. The monoisotopic (exact) mass is 269 g/mol. The molecule has 1 N–H and O–H groups in total. The first-order valence-electron chi connectivity index (χ1n) is 5.61. The summed E-state index contributed by atoms with van der Waals surface area (Å²) in [6, 6.07) is 7.03. The third-order valence-electron chi connectivity index (χ3n) is 2.66. The molecular weight excluding hydrogens is 254 g/mol. The molecule has 1 atom stereocenters. The smallest absolute Gasteiger partial charge is 0.308 e. The van der Waals surface area contributed by atoms with Crippen molar-refractivity contribution >= 4 is 23.5 Å². The Labute approximate surface area is 111 Å². The first-order valence-corrected chi connectivity index (χ1v) is 5.99. The minimum atomic E-state index is -0.902. The highest BCUT2D eigenvalue weighted by atomic mass is 35.5. The predicted octanol–water partition coefficient (Wildman–Crippen LogP) is 2.06. The maximum atomic E-state index is 11.9. The number of carbonyl (C=O) groups excluding carboxylic acids is 1. The number of benzene rings is 1. The molecule has 0 saturated heterocycles. The van der Waals surface area contributed by atoms with Gasteiger partial charge in [0.2, 0.25) is 5.91 Å². The molecule has 0 bridgehead atoms. The van der Waals surface area contributed by atoms with Crippen molar-refractivity contribution in [3.8, 4) is 0 Å². The number of rotatable bonds is 5. The normalized spacial score (nSPS) is 11.9. The number of carboxylic acid groups (broad SMARTS) is 1. The molecule has 1 aromatic carbocycles. The van der Waals surface area contributed by atoms with Crippen molar-refractivity contribution in [1.82, 2.24) is 4.90 Å². The van der Waals surface area contributed by atoms with Gasteiger partial charge in [-0.1, -0.05) is 30.7 Å². The molecule has 1 amide bonds. The molecule has 98 valence electrons. The first-order chi connectivity index (χ1) is 8.40. The van der Waals surface area contributed by atoms with Crippen LogP contribution in [-0.4, -0.2) is 35.5 Å². The van der Waals surface area contributed by atoms with Gasteiger partial charge >= 0.3 is 5.97 Å². The minimum Gasteiger partial charge on any atom is -0.481 e. The van der Waals surface area contributed by atoms with Gasteiger partial charge in [-0.05, 0) is 17.7 Å². The van der Waals surface area contributed by atoms with Crippen LogP contribution in [0.2, 0.25) is 5.02 Å². The summed E-state index contributed by atoms with van der Waals surface area (Å²) >= 11 is 5.75. The summed E-state index contributed by atoms with van der Waals surface area (Å²) < 4.78 is 0. The molecule has 1 rings (SSSR count). The van der Waals surface area contributed by atoms with Crippen molar-refractivity contribution in [3.63, 3.8) is 0 Å².